The zero-order valence-electron chi connectivity index (χ0n) is 15.5. The van der Waals surface area contributed by atoms with Crippen molar-refractivity contribution in [2.24, 2.45) is 11.5 Å². The van der Waals surface area contributed by atoms with Crippen molar-refractivity contribution in [3.8, 4) is 0 Å². The van der Waals surface area contributed by atoms with Crippen molar-refractivity contribution in [3.05, 3.63) is 71.8 Å². The molecule has 0 fully saturated rings. The van der Waals surface area contributed by atoms with E-state index in [0.717, 1.165) is 11.1 Å². The zero-order chi connectivity index (χ0) is 20.7. The van der Waals surface area contributed by atoms with Crippen molar-refractivity contribution < 1.29 is 14.4 Å². The minimum Gasteiger partial charge on any atom is -0.321 e. The van der Waals surface area contributed by atoms with Crippen LogP contribution in [-0.4, -0.2) is 40.2 Å². The number of alkyl halides is 2. The molecule has 0 amide bonds. The fraction of sp³-hybridized carbons (Fsp3) is 0.286. The molecule has 4 N–H and O–H groups in total. The van der Waals surface area contributed by atoms with Crippen LogP contribution in [0.1, 0.15) is 11.1 Å². The Hall–Kier alpha value is -1.76. The number of carbonyl (C=O) groups is 3. The Bertz CT molecular complexity index is 751. The van der Waals surface area contributed by atoms with Crippen molar-refractivity contribution in [3.63, 3.8) is 0 Å². The fourth-order valence-corrected chi connectivity index (χ4v) is 3.36. The Labute approximate surface area is 186 Å². The topological polar surface area (TPSA) is 103 Å². The van der Waals surface area contributed by atoms with Crippen LogP contribution >= 0.6 is 35.6 Å². The highest BCUT2D eigenvalue weighted by Gasteiger charge is 2.37. The maximum atomic E-state index is 12.4. The number of nitrogens with two attached hydrogens (primary N) is 2. The molecule has 0 bridgehead atoms. The van der Waals surface area contributed by atoms with Crippen molar-refractivity contribution in [2.45, 2.75) is 35.7 Å². The van der Waals surface area contributed by atoms with Gasteiger partial charge in [-0.05, 0) is 24.0 Å². The molecule has 0 heterocycles. The molecule has 4 atom stereocenters. The minimum absolute atomic E-state index is 0. The molecule has 0 spiro atoms. The molecule has 5 nitrogen and oxygen atoms in total. The number of benzene rings is 2. The molecule has 8 heteroatoms. The predicted molar refractivity (Wildman–Crippen MR) is 118 cm³/mol. The average molecular weight is 458 g/mol. The van der Waals surface area contributed by atoms with Gasteiger partial charge in [0.05, 0.1) is 12.1 Å². The summed E-state index contributed by atoms with van der Waals surface area (Å²) in [5.74, 6) is -2.25. The maximum absolute atomic E-state index is 12.4. The Morgan fingerprint density at radius 1 is 0.655 bits per heavy atom. The van der Waals surface area contributed by atoms with Gasteiger partial charge in [0, 0.05) is 0 Å². The number of hydrogen-bond acceptors (Lipinski definition) is 5. The number of ketones is 3. The van der Waals surface area contributed by atoms with E-state index < -0.39 is 40.2 Å². The lowest BCUT2D eigenvalue weighted by Crippen LogP contribution is -2.48. The number of Topliss-reactive ketones (excluding diaryl/α,β-unsaturated/α-hetero) is 3. The molecule has 0 aliphatic carbocycles. The maximum Gasteiger partial charge on any atom is 0.183 e. The first kappa shape index (κ1) is 25.3. The van der Waals surface area contributed by atoms with E-state index in [0.29, 0.717) is 0 Å². The van der Waals surface area contributed by atoms with Gasteiger partial charge in [-0.25, -0.2) is 0 Å². The molecular formula is C21H23Cl3N2O3. The SMILES string of the molecule is Cl.N[C@@H](Cc1ccccc1)C(=O)C(Cl)C(=O)C(Cl)C(=O)[C@@H](N)Cc1ccccc1. The van der Waals surface area contributed by atoms with Crippen LogP contribution in [0.4, 0.5) is 0 Å². The van der Waals surface area contributed by atoms with E-state index >= 15 is 0 Å². The van der Waals surface area contributed by atoms with Crippen molar-refractivity contribution in [1.82, 2.24) is 0 Å². The van der Waals surface area contributed by atoms with E-state index in [-0.39, 0.29) is 25.2 Å². The summed E-state index contributed by atoms with van der Waals surface area (Å²) in [5.41, 5.74) is 13.4. The first-order chi connectivity index (χ1) is 13.3. The Kier molecular flexibility index (Phi) is 10.5. The summed E-state index contributed by atoms with van der Waals surface area (Å²) in [7, 11) is 0. The number of rotatable bonds is 10. The van der Waals surface area contributed by atoms with Gasteiger partial charge in [0.25, 0.3) is 0 Å². The van der Waals surface area contributed by atoms with Gasteiger partial charge in [0.1, 0.15) is 0 Å². The molecule has 0 radical (unpaired) electrons. The monoisotopic (exact) mass is 456 g/mol. The van der Waals surface area contributed by atoms with E-state index in [1.807, 2.05) is 60.7 Å². The van der Waals surface area contributed by atoms with Crippen LogP contribution in [-0.2, 0) is 27.2 Å². The molecule has 0 saturated heterocycles. The summed E-state index contributed by atoms with van der Waals surface area (Å²) in [6, 6.07) is 16.2. The molecule has 0 aliphatic rings. The first-order valence-corrected chi connectivity index (χ1v) is 9.67. The summed E-state index contributed by atoms with van der Waals surface area (Å²) in [4.78, 5) is 37.2. The molecule has 2 aromatic carbocycles. The number of halogens is 3. The van der Waals surface area contributed by atoms with Crippen LogP contribution < -0.4 is 11.5 Å². The molecule has 0 saturated carbocycles. The quantitative estimate of drug-likeness (QED) is 0.421. The van der Waals surface area contributed by atoms with Crippen LogP contribution in [0.25, 0.3) is 0 Å². The summed E-state index contributed by atoms with van der Waals surface area (Å²) in [6.07, 6.45) is 0.454. The van der Waals surface area contributed by atoms with Crippen LogP contribution in [0, 0.1) is 0 Å². The molecule has 2 rings (SSSR count). The predicted octanol–water partition coefficient (Wildman–Crippen LogP) is 2.47. The fourth-order valence-electron chi connectivity index (χ4n) is 2.72. The van der Waals surface area contributed by atoms with E-state index in [1.54, 1.807) is 0 Å². The van der Waals surface area contributed by atoms with Crippen LogP contribution in [0.5, 0.6) is 0 Å². The van der Waals surface area contributed by atoms with Gasteiger partial charge < -0.3 is 11.5 Å². The zero-order valence-corrected chi connectivity index (χ0v) is 17.9. The first-order valence-electron chi connectivity index (χ1n) is 8.79. The smallest absolute Gasteiger partial charge is 0.183 e. The summed E-state index contributed by atoms with van der Waals surface area (Å²) in [5, 5.41) is -3.21. The van der Waals surface area contributed by atoms with Gasteiger partial charge in [-0.2, -0.15) is 0 Å². The van der Waals surface area contributed by atoms with Crippen LogP contribution in [0.15, 0.2) is 60.7 Å². The molecule has 2 aromatic rings. The third kappa shape index (κ3) is 7.21. The number of carbonyl (C=O) groups excluding carboxylic acids is 3. The summed E-state index contributed by atoms with van der Waals surface area (Å²) in [6.45, 7) is 0. The van der Waals surface area contributed by atoms with Gasteiger partial charge in [-0.3, -0.25) is 14.4 Å². The second-order valence-electron chi connectivity index (χ2n) is 6.52. The van der Waals surface area contributed by atoms with Gasteiger partial charge in [-0.15, -0.1) is 35.6 Å². The van der Waals surface area contributed by atoms with E-state index in [1.165, 1.54) is 0 Å². The molecule has 156 valence electrons. The van der Waals surface area contributed by atoms with Crippen LogP contribution in [0.2, 0.25) is 0 Å². The second-order valence-corrected chi connectivity index (χ2v) is 7.40. The molecular weight excluding hydrogens is 435 g/mol. The molecule has 0 aromatic heterocycles. The molecule has 2 unspecified atom stereocenters. The highest BCUT2D eigenvalue weighted by atomic mass is 35.5. The van der Waals surface area contributed by atoms with Crippen molar-refractivity contribution >= 4 is 53.0 Å². The van der Waals surface area contributed by atoms with Gasteiger partial charge >= 0.3 is 0 Å². The standard InChI is InChI=1S/C21H22Cl2N2O3.ClH/c22-17(19(26)15(24)11-13-7-3-1-4-8-13)21(28)18(23)20(27)16(25)12-14-9-5-2-6-10-14;/h1-10,15-18H,11-12,24-25H2;1H/t15-,16-,17?,18?;/m0./s1. The minimum atomic E-state index is -1.60. The summed E-state index contributed by atoms with van der Waals surface area (Å²) >= 11 is 12.0. The normalized spacial score (nSPS) is 14.8. The largest absolute Gasteiger partial charge is 0.321 e. The summed E-state index contributed by atoms with van der Waals surface area (Å²) < 4.78 is 0. The third-order valence-electron chi connectivity index (χ3n) is 4.33. The van der Waals surface area contributed by atoms with Crippen LogP contribution in [0.3, 0.4) is 0 Å². The second kappa shape index (κ2) is 12.1. The Morgan fingerprint density at radius 3 is 1.28 bits per heavy atom. The number of hydrogen-bond donors (Lipinski definition) is 2. The lowest BCUT2D eigenvalue weighted by atomic mass is 9.95. The van der Waals surface area contributed by atoms with E-state index in [2.05, 4.69) is 0 Å². The van der Waals surface area contributed by atoms with Crippen molar-refractivity contribution in [1.29, 1.82) is 0 Å². The molecule has 0 aliphatic heterocycles. The molecule has 29 heavy (non-hydrogen) atoms. The highest BCUT2D eigenvalue weighted by molar-refractivity contribution is 6.52. The third-order valence-corrected chi connectivity index (χ3v) is 5.19. The van der Waals surface area contributed by atoms with Gasteiger partial charge in [0.2, 0.25) is 0 Å². The Balaban J connectivity index is 0.00000420. The van der Waals surface area contributed by atoms with E-state index in [9.17, 15) is 14.4 Å². The van der Waals surface area contributed by atoms with E-state index in [4.69, 9.17) is 34.7 Å². The average Bonchev–Trinajstić information content (AvgIpc) is 2.72. The van der Waals surface area contributed by atoms with Gasteiger partial charge in [0.15, 0.2) is 28.1 Å². The lowest BCUT2D eigenvalue weighted by molar-refractivity contribution is -0.130. The van der Waals surface area contributed by atoms with Gasteiger partial charge in [-0.1, -0.05) is 60.7 Å². The lowest BCUT2D eigenvalue weighted by Gasteiger charge is -2.18. The highest BCUT2D eigenvalue weighted by Crippen LogP contribution is 2.15. The Morgan fingerprint density at radius 2 is 0.966 bits per heavy atom. The van der Waals surface area contributed by atoms with Crippen molar-refractivity contribution in [2.75, 3.05) is 0 Å².